The molecule has 3 N–H and O–H groups in total. The number of nitrogens with one attached hydrogen (secondary N) is 2. The molecular weight excluding hydrogens is 294 g/mol. The lowest BCUT2D eigenvalue weighted by molar-refractivity contribution is -0.137. The minimum absolute atomic E-state index is 0.00817. The number of aromatic nitrogens is 2. The Bertz CT molecular complexity index is 725. The molecule has 0 saturated heterocycles. The molecule has 8 heteroatoms. The van der Waals surface area contributed by atoms with E-state index in [9.17, 15) is 13.2 Å². The number of carbonyl (C=O) groups is 1. The fourth-order valence-electron chi connectivity index (χ4n) is 1.95. The van der Waals surface area contributed by atoms with E-state index in [1.54, 1.807) is 37.3 Å². The van der Waals surface area contributed by atoms with Crippen LogP contribution in [0.5, 0.6) is 0 Å². The van der Waals surface area contributed by atoms with Crippen molar-refractivity contribution in [3.05, 3.63) is 47.8 Å². The monoisotopic (exact) mass is 309 g/mol. The Morgan fingerprint density at radius 2 is 2.05 bits per heavy atom. The molecule has 1 unspecified atom stereocenters. The van der Waals surface area contributed by atoms with Crippen LogP contribution in [0.4, 0.5) is 0 Å². The maximum Gasteiger partial charge on any atom is 0.305 e. The third kappa shape index (κ3) is 3.67. The van der Waals surface area contributed by atoms with Gasteiger partial charge in [0, 0.05) is 0 Å². The Kier molecular flexibility index (Phi) is 4.39. The Morgan fingerprint density at radius 1 is 1.38 bits per heavy atom. The number of nitrogens with zero attached hydrogens (tertiary/aromatic N) is 1. The average Bonchev–Trinajstić information content (AvgIpc) is 2.85. The zero-order valence-electron chi connectivity index (χ0n) is 11.3. The van der Waals surface area contributed by atoms with Crippen molar-refractivity contribution < 1.29 is 18.3 Å². The summed E-state index contributed by atoms with van der Waals surface area (Å²) in [7, 11) is -3.85. The van der Waals surface area contributed by atoms with Crippen molar-refractivity contribution in [2.75, 3.05) is 0 Å². The van der Waals surface area contributed by atoms with E-state index in [0.717, 1.165) is 0 Å². The number of benzene rings is 1. The van der Waals surface area contributed by atoms with Gasteiger partial charge in [-0.1, -0.05) is 30.3 Å². The van der Waals surface area contributed by atoms with Crippen LogP contribution in [-0.2, 0) is 14.8 Å². The van der Waals surface area contributed by atoms with Crippen LogP contribution in [-0.4, -0.2) is 29.7 Å². The first-order valence-electron chi connectivity index (χ1n) is 6.19. The number of aliphatic carboxylic acids is 1. The number of H-pyrrole nitrogens is 1. The second-order valence-corrected chi connectivity index (χ2v) is 6.22. The SMILES string of the molecule is Cc1[nH]ncc1S(=O)(=O)NC(CC(=O)O)c1ccccc1. The van der Waals surface area contributed by atoms with E-state index in [4.69, 9.17) is 5.11 Å². The van der Waals surface area contributed by atoms with Crippen LogP contribution in [0.25, 0.3) is 0 Å². The lowest BCUT2D eigenvalue weighted by atomic mass is 10.1. The molecule has 0 radical (unpaired) electrons. The Morgan fingerprint density at radius 3 is 2.57 bits per heavy atom. The van der Waals surface area contributed by atoms with Gasteiger partial charge in [0.25, 0.3) is 0 Å². The molecule has 0 aliphatic heterocycles. The second-order valence-electron chi connectivity index (χ2n) is 4.54. The Labute approximate surface area is 122 Å². The van der Waals surface area contributed by atoms with Crippen LogP contribution in [0.3, 0.4) is 0 Å². The maximum absolute atomic E-state index is 12.3. The molecule has 7 nitrogen and oxygen atoms in total. The average molecular weight is 309 g/mol. The minimum Gasteiger partial charge on any atom is -0.481 e. The predicted octanol–water partition coefficient (Wildman–Crippen LogP) is 1.21. The molecule has 0 spiro atoms. The number of hydrogen-bond donors (Lipinski definition) is 3. The second kappa shape index (κ2) is 6.06. The summed E-state index contributed by atoms with van der Waals surface area (Å²) >= 11 is 0. The predicted molar refractivity (Wildman–Crippen MR) is 75.1 cm³/mol. The van der Waals surface area contributed by atoms with E-state index < -0.39 is 22.0 Å². The largest absolute Gasteiger partial charge is 0.481 e. The van der Waals surface area contributed by atoms with E-state index >= 15 is 0 Å². The summed E-state index contributed by atoms with van der Waals surface area (Å²) in [5.41, 5.74) is 0.981. The molecule has 1 atom stereocenters. The van der Waals surface area contributed by atoms with Crippen molar-refractivity contribution in [3.8, 4) is 0 Å². The molecule has 1 heterocycles. The van der Waals surface area contributed by atoms with Crippen molar-refractivity contribution in [2.45, 2.75) is 24.3 Å². The standard InChI is InChI=1S/C13H15N3O4S/c1-9-12(8-14-15-9)21(19,20)16-11(7-13(17)18)10-5-3-2-4-6-10/h2-6,8,11,16H,7H2,1H3,(H,14,15)(H,17,18). The maximum atomic E-state index is 12.3. The van der Waals surface area contributed by atoms with Gasteiger partial charge in [-0.25, -0.2) is 13.1 Å². The fraction of sp³-hybridized carbons (Fsp3) is 0.231. The molecule has 0 saturated carbocycles. The molecule has 2 aromatic rings. The first kappa shape index (κ1) is 15.2. The topological polar surface area (TPSA) is 112 Å². The number of sulfonamides is 1. The third-order valence-corrected chi connectivity index (χ3v) is 4.54. The van der Waals surface area contributed by atoms with E-state index in [2.05, 4.69) is 14.9 Å². The number of hydrogen-bond acceptors (Lipinski definition) is 4. The zero-order valence-corrected chi connectivity index (χ0v) is 12.1. The van der Waals surface area contributed by atoms with Gasteiger partial charge in [0.05, 0.1) is 24.4 Å². The van der Waals surface area contributed by atoms with Crippen molar-refractivity contribution in [2.24, 2.45) is 0 Å². The number of carboxylic acid groups (broad SMARTS) is 1. The summed E-state index contributed by atoms with van der Waals surface area (Å²) in [6.07, 6.45) is 0.848. The highest BCUT2D eigenvalue weighted by atomic mass is 32.2. The molecule has 0 bridgehead atoms. The van der Waals surface area contributed by atoms with E-state index in [1.807, 2.05) is 0 Å². The summed E-state index contributed by atoms with van der Waals surface area (Å²) in [4.78, 5) is 11.0. The van der Waals surface area contributed by atoms with Crippen LogP contribution in [0.2, 0.25) is 0 Å². The van der Waals surface area contributed by atoms with Crippen molar-refractivity contribution in [1.29, 1.82) is 0 Å². The van der Waals surface area contributed by atoms with Gasteiger partial charge in [-0.3, -0.25) is 9.89 Å². The third-order valence-electron chi connectivity index (χ3n) is 2.95. The molecule has 2 rings (SSSR count). The summed E-state index contributed by atoms with van der Waals surface area (Å²) in [5.74, 6) is -1.09. The first-order chi connectivity index (χ1) is 9.90. The van der Waals surface area contributed by atoms with Gasteiger partial charge in [0.1, 0.15) is 4.90 Å². The van der Waals surface area contributed by atoms with Gasteiger partial charge < -0.3 is 5.11 Å². The van der Waals surface area contributed by atoms with Gasteiger partial charge in [-0.2, -0.15) is 5.10 Å². The van der Waals surface area contributed by atoms with E-state index in [-0.39, 0.29) is 11.3 Å². The van der Waals surface area contributed by atoms with Gasteiger partial charge in [-0.05, 0) is 12.5 Å². The molecular formula is C13H15N3O4S. The summed E-state index contributed by atoms with van der Waals surface area (Å²) in [6.45, 7) is 1.58. The van der Waals surface area contributed by atoms with Crippen LogP contribution < -0.4 is 4.72 Å². The summed E-state index contributed by atoms with van der Waals surface area (Å²) in [5, 5.41) is 15.2. The lowest BCUT2D eigenvalue weighted by Gasteiger charge is -2.17. The van der Waals surface area contributed by atoms with Crippen LogP contribution in [0.1, 0.15) is 23.7 Å². The van der Waals surface area contributed by atoms with Crippen molar-refractivity contribution in [3.63, 3.8) is 0 Å². The fourth-order valence-corrected chi connectivity index (χ4v) is 3.31. The summed E-state index contributed by atoms with van der Waals surface area (Å²) < 4.78 is 27.0. The first-order valence-corrected chi connectivity index (χ1v) is 7.67. The summed E-state index contributed by atoms with van der Waals surface area (Å²) in [6, 6.07) is 7.73. The highest BCUT2D eigenvalue weighted by molar-refractivity contribution is 7.89. The number of aryl methyl sites for hydroxylation is 1. The number of aromatic amines is 1. The van der Waals surface area contributed by atoms with Crippen LogP contribution >= 0.6 is 0 Å². The molecule has 112 valence electrons. The highest BCUT2D eigenvalue weighted by Gasteiger charge is 2.25. The number of rotatable bonds is 6. The molecule has 1 aromatic heterocycles. The zero-order chi connectivity index (χ0) is 15.5. The van der Waals surface area contributed by atoms with Crippen molar-refractivity contribution >= 4 is 16.0 Å². The van der Waals surface area contributed by atoms with Crippen molar-refractivity contribution in [1.82, 2.24) is 14.9 Å². The minimum atomic E-state index is -3.85. The molecule has 0 amide bonds. The van der Waals surface area contributed by atoms with Gasteiger partial charge in [0.15, 0.2) is 0 Å². The van der Waals surface area contributed by atoms with Gasteiger partial charge in [-0.15, -0.1) is 0 Å². The Balaban J connectivity index is 2.31. The highest BCUT2D eigenvalue weighted by Crippen LogP contribution is 2.21. The smallest absolute Gasteiger partial charge is 0.305 e. The Hall–Kier alpha value is -2.19. The van der Waals surface area contributed by atoms with E-state index in [0.29, 0.717) is 11.3 Å². The lowest BCUT2D eigenvalue weighted by Crippen LogP contribution is -2.30. The number of carboxylic acids is 1. The van der Waals surface area contributed by atoms with Gasteiger partial charge in [0.2, 0.25) is 10.0 Å². The van der Waals surface area contributed by atoms with Crippen LogP contribution in [0.15, 0.2) is 41.4 Å². The van der Waals surface area contributed by atoms with Crippen LogP contribution in [0, 0.1) is 6.92 Å². The molecule has 21 heavy (non-hydrogen) atoms. The normalized spacial score (nSPS) is 13.0. The van der Waals surface area contributed by atoms with Gasteiger partial charge >= 0.3 is 5.97 Å². The quantitative estimate of drug-likeness (QED) is 0.742. The molecule has 0 aliphatic carbocycles. The molecule has 0 fully saturated rings. The molecule has 1 aromatic carbocycles. The van der Waals surface area contributed by atoms with E-state index in [1.165, 1.54) is 6.20 Å². The molecule has 0 aliphatic rings.